The van der Waals surface area contributed by atoms with Crippen molar-refractivity contribution in [1.82, 2.24) is 15.2 Å². The molecular weight excluding hydrogens is 468 g/mol. The van der Waals surface area contributed by atoms with Gasteiger partial charge in [0.2, 0.25) is 5.91 Å². The van der Waals surface area contributed by atoms with Gasteiger partial charge in [-0.2, -0.15) is 18.4 Å². The second kappa shape index (κ2) is 9.90. The van der Waals surface area contributed by atoms with Crippen LogP contribution in [0.3, 0.4) is 0 Å². The van der Waals surface area contributed by atoms with Gasteiger partial charge in [0.05, 0.1) is 29.9 Å². The van der Waals surface area contributed by atoms with E-state index >= 15 is 0 Å². The number of amides is 2. The summed E-state index contributed by atoms with van der Waals surface area (Å²) in [6.45, 7) is 4.61. The lowest BCUT2D eigenvalue weighted by Crippen LogP contribution is -2.47. The van der Waals surface area contributed by atoms with Gasteiger partial charge >= 0.3 is 12.3 Å². The summed E-state index contributed by atoms with van der Waals surface area (Å²) >= 11 is 0. The number of aromatic nitrogens is 1. The molecule has 35 heavy (non-hydrogen) atoms. The van der Waals surface area contributed by atoms with E-state index in [4.69, 9.17) is 4.74 Å². The highest BCUT2D eigenvalue weighted by Crippen LogP contribution is 2.32. The number of pyridine rings is 1. The monoisotopic (exact) mass is 492 g/mol. The summed E-state index contributed by atoms with van der Waals surface area (Å²) in [5.74, 6) is -0.599. The molecule has 2 aromatic rings. The maximum Gasteiger partial charge on any atom is 0.416 e. The van der Waals surface area contributed by atoms with Gasteiger partial charge in [0, 0.05) is 18.2 Å². The van der Waals surface area contributed by atoms with Crippen molar-refractivity contribution in [3.05, 3.63) is 53.3 Å². The molecule has 0 radical (unpaired) electrons. The zero-order valence-electron chi connectivity index (χ0n) is 19.3. The predicted molar refractivity (Wildman–Crippen MR) is 117 cm³/mol. The zero-order chi connectivity index (χ0) is 26.0. The SMILES string of the molecule is CC(C)(C)OC(=O)N1CC(F)CC1C(=O)NCc1cc(-c2ccc(C(F)(F)F)cc2)c(C#N)cn1. The number of alkyl halides is 4. The molecule has 1 saturated heterocycles. The summed E-state index contributed by atoms with van der Waals surface area (Å²) in [7, 11) is 0. The first-order chi connectivity index (χ1) is 16.3. The van der Waals surface area contributed by atoms with Crippen molar-refractivity contribution in [2.75, 3.05) is 6.54 Å². The minimum Gasteiger partial charge on any atom is -0.444 e. The average molecular weight is 492 g/mol. The molecular formula is C24H24F4N4O3. The smallest absolute Gasteiger partial charge is 0.416 e. The molecule has 0 spiro atoms. The van der Waals surface area contributed by atoms with Crippen molar-refractivity contribution in [1.29, 1.82) is 5.26 Å². The molecule has 186 valence electrons. The first-order valence-electron chi connectivity index (χ1n) is 10.8. The minimum absolute atomic E-state index is 0.103. The van der Waals surface area contributed by atoms with Gasteiger partial charge in [-0.3, -0.25) is 14.7 Å². The fourth-order valence-electron chi connectivity index (χ4n) is 3.61. The number of hydrogen-bond donors (Lipinski definition) is 1. The second-order valence-electron chi connectivity index (χ2n) is 9.11. The van der Waals surface area contributed by atoms with Crippen molar-refractivity contribution >= 4 is 12.0 Å². The molecule has 2 atom stereocenters. The molecule has 2 heterocycles. The second-order valence-corrected chi connectivity index (χ2v) is 9.11. The molecule has 1 aliphatic heterocycles. The number of carbonyl (C=O) groups excluding carboxylic acids is 2. The Labute approximate surface area is 199 Å². The van der Waals surface area contributed by atoms with Crippen molar-refractivity contribution in [2.24, 2.45) is 0 Å². The van der Waals surface area contributed by atoms with Gasteiger partial charge in [-0.15, -0.1) is 0 Å². The van der Waals surface area contributed by atoms with Gasteiger partial charge < -0.3 is 10.1 Å². The molecule has 2 unspecified atom stereocenters. The van der Waals surface area contributed by atoms with Crippen molar-refractivity contribution in [3.63, 3.8) is 0 Å². The van der Waals surface area contributed by atoms with E-state index in [1.807, 2.05) is 6.07 Å². The van der Waals surface area contributed by atoms with Crippen LogP contribution in [0, 0.1) is 11.3 Å². The zero-order valence-corrected chi connectivity index (χ0v) is 19.3. The summed E-state index contributed by atoms with van der Waals surface area (Å²) in [5, 5.41) is 12.0. The molecule has 3 rings (SSSR count). The van der Waals surface area contributed by atoms with Crippen LogP contribution in [0.4, 0.5) is 22.4 Å². The van der Waals surface area contributed by atoms with Gasteiger partial charge in [0.1, 0.15) is 23.9 Å². The van der Waals surface area contributed by atoms with Crippen LogP contribution in [0.1, 0.15) is 44.0 Å². The topological polar surface area (TPSA) is 95.3 Å². The van der Waals surface area contributed by atoms with Crippen LogP contribution in [-0.4, -0.2) is 46.2 Å². The molecule has 1 aromatic carbocycles. The van der Waals surface area contributed by atoms with E-state index in [1.165, 1.54) is 24.4 Å². The number of nitrogens with one attached hydrogen (secondary N) is 1. The van der Waals surface area contributed by atoms with Gasteiger partial charge in [-0.05, 0) is 44.5 Å². The normalized spacial score (nSPS) is 18.2. The number of nitrogens with zero attached hydrogens (tertiary/aromatic N) is 3. The van der Waals surface area contributed by atoms with Crippen LogP contribution in [0.15, 0.2) is 36.5 Å². The van der Waals surface area contributed by atoms with Crippen molar-refractivity contribution < 1.29 is 31.9 Å². The lowest BCUT2D eigenvalue weighted by atomic mass is 10.00. The molecule has 0 saturated carbocycles. The highest BCUT2D eigenvalue weighted by atomic mass is 19.4. The number of hydrogen-bond acceptors (Lipinski definition) is 5. The number of carbonyl (C=O) groups is 2. The number of likely N-dealkylation sites (tertiary alicyclic amines) is 1. The molecule has 1 aromatic heterocycles. The molecule has 11 heteroatoms. The standard InChI is InChI=1S/C24H24F4N4O3/c1-23(2,3)35-22(34)32-13-17(25)8-20(32)21(33)31-12-18-9-19(15(10-29)11-30-18)14-4-6-16(7-5-14)24(26,27)28/h4-7,9,11,17,20H,8,12-13H2,1-3H3,(H,31,33). The van der Waals surface area contributed by atoms with Crippen molar-refractivity contribution in [2.45, 2.75) is 57.7 Å². The minimum atomic E-state index is -4.49. The Balaban J connectivity index is 1.74. The molecule has 0 aliphatic carbocycles. The number of rotatable bonds is 4. The predicted octanol–water partition coefficient (Wildman–Crippen LogP) is 4.60. The average Bonchev–Trinajstić information content (AvgIpc) is 3.17. The number of nitriles is 1. The Morgan fingerprint density at radius 1 is 1.23 bits per heavy atom. The Morgan fingerprint density at radius 2 is 1.89 bits per heavy atom. The molecule has 1 aliphatic rings. The summed E-state index contributed by atoms with van der Waals surface area (Å²) in [6.07, 6.45) is -5.58. The number of benzene rings is 1. The first kappa shape index (κ1) is 25.9. The van der Waals surface area contributed by atoms with Crippen LogP contribution in [0.2, 0.25) is 0 Å². The quantitative estimate of drug-likeness (QED) is 0.630. The maximum absolute atomic E-state index is 14.0. The van der Waals surface area contributed by atoms with E-state index in [0.29, 0.717) is 16.8 Å². The Kier molecular flexibility index (Phi) is 7.33. The Morgan fingerprint density at radius 3 is 2.46 bits per heavy atom. The number of ether oxygens (including phenoxy) is 1. The third-order valence-corrected chi connectivity index (χ3v) is 5.23. The van der Waals surface area contributed by atoms with E-state index in [-0.39, 0.29) is 25.1 Å². The van der Waals surface area contributed by atoms with E-state index < -0.39 is 41.6 Å². The van der Waals surface area contributed by atoms with Crippen LogP contribution >= 0.6 is 0 Å². The molecule has 1 N–H and O–H groups in total. The number of halogens is 4. The molecule has 0 bridgehead atoms. The summed E-state index contributed by atoms with van der Waals surface area (Å²) < 4.78 is 57.9. The van der Waals surface area contributed by atoms with Crippen LogP contribution in [-0.2, 0) is 22.3 Å². The van der Waals surface area contributed by atoms with Gasteiger partial charge in [0.25, 0.3) is 0 Å². The Bertz CT molecular complexity index is 1140. The molecule has 7 nitrogen and oxygen atoms in total. The van der Waals surface area contributed by atoms with Crippen molar-refractivity contribution in [3.8, 4) is 17.2 Å². The van der Waals surface area contributed by atoms with E-state index in [2.05, 4.69) is 10.3 Å². The lowest BCUT2D eigenvalue weighted by Gasteiger charge is -2.27. The third kappa shape index (κ3) is 6.47. The van der Waals surface area contributed by atoms with E-state index in [0.717, 1.165) is 17.0 Å². The molecule has 1 fully saturated rings. The highest BCUT2D eigenvalue weighted by Gasteiger charge is 2.41. The summed E-state index contributed by atoms with van der Waals surface area (Å²) in [5.41, 5.74) is -0.443. The van der Waals surface area contributed by atoms with Crippen LogP contribution in [0.25, 0.3) is 11.1 Å². The molecule has 2 amide bonds. The van der Waals surface area contributed by atoms with E-state index in [1.54, 1.807) is 20.8 Å². The maximum atomic E-state index is 14.0. The van der Waals surface area contributed by atoms with Crippen LogP contribution in [0.5, 0.6) is 0 Å². The Hall–Kier alpha value is -3.68. The van der Waals surface area contributed by atoms with Gasteiger partial charge in [0.15, 0.2) is 0 Å². The van der Waals surface area contributed by atoms with Gasteiger partial charge in [-0.25, -0.2) is 9.18 Å². The largest absolute Gasteiger partial charge is 0.444 e. The van der Waals surface area contributed by atoms with E-state index in [9.17, 15) is 32.4 Å². The third-order valence-electron chi connectivity index (χ3n) is 5.23. The van der Waals surface area contributed by atoms with Crippen LogP contribution < -0.4 is 5.32 Å². The fourth-order valence-corrected chi connectivity index (χ4v) is 3.61. The highest BCUT2D eigenvalue weighted by molar-refractivity contribution is 5.86. The summed E-state index contributed by atoms with van der Waals surface area (Å²) in [6, 6.07) is 6.70. The fraction of sp³-hybridized carbons (Fsp3) is 0.417. The van der Waals surface area contributed by atoms with Gasteiger partial charge in [-0.1, -0.05) is 12.1 Å². The first-order valence-corrected chi connectivity index (χ1v) is 10.8. The lowest BCUT2D eigenvalue weighted by molar-refractivity contribution is -0.137. The summed E-state index contributed by atoms with van der Waals surface area (Å²) in [4.78, 5) is 30.3.